The summed E-state index contributed by atoms with van der Waals surface area (Å²) in [7, 11) is 0. The smallest absolute Gasteiger partial charge is 0.266 e. The van der Waals surface area contributed by atoms with Gasteiger partial charge in [-0.05, 0) is 48.5 Å². The van der Waals surface area contributed by atoms with Crippen LogP contribution in [0.4, 0.5) is 0 Å². The van der Waals surface area contributed by atoms with Gasteiger partial charge in [0.05, 0.1) is 33.6 Å². The van der Waals surface area contributed by atoms with Crippen LogP contribution in [-0.4, -0.2) is 27.4 Å². The Kier molecular flexibility index (Phi) is 7.35. The van der Waals surface area contributed by atoms with Crippen LogP contribution in [-0.2, 0) is 4.79 Å². The molecule has 0 unspecified atom stereocenters. The zero-order valence-electron chi connectivity index (χ0n) is 16.8. The van der Waals surface area contributed by atoms with Crippen LogP contribution in [0.3, 0.4) is 0 Å². The number of carbonyl (C=O) groups excluding carboxylic acids is 1. The number of para-hydroxylation sites is 1. The van der Waals surface area contributed by atoms with Crippen molar-refractivity contribution in [3.05, 3.63) is 97.7 Å². The molecule has 0 bridgehead atoms. The lowest BCUT2D eigenvalue weighted by atomic mass is 10.2. The van der Waals surface area contributed by atoms with Crippen LogP contribution in [0.5, 0.6) is 0 Å². The number of thioether (sulfide) groups is 1. The number of hydrogen-bond acceptors (Lipinski definition) is 5. The monoisotopic (exact) mass is 516 g/mol. The van der Waals surface area contributed by atoms with E-state index in [9.17, 15) is 9.59 Å². The Labute approximate surface area is 208 Å². The van der Waals surface area contributed by atoms with Crippen molar-refractivity contribution in [1.82, 2.24) is 15.0 Å². The molecule has 0 aliphatic heterocycles. The fraction of sp³-hybridized carbons (Fsp3) is 0.0435. The van der Waals surface area contributed by atoms with Crippen LogP contribution in [0.15, 0.2) is 81.8 Å². The molecule has 10 heteroatoms. The summed E-state index contributed by atoms with van der Waals surface area (Å²) >= 11 is 19.1. The Morgan fingerprint density at radius 2 is 1.76 bits per heavy atom. The van der Waals surface area contributed by atoms with Gasteiger partial charge in [-0.15, -0.1) is 0 Å². The first-order chi connectivity index (χ1) is 15.9. The first-order valence-electron chi connectivity index (χ1n) is 9.60. The molecule has 0 atom stereocenters. The van der Waals surface area contributed by atoms with Crippen molar-refractivity contribution in [2.75, 3.05) is 5.75 Å². The second-order valence-corrected chi connectivity index (χ2v) is 9.00. The maximum absolute atomic E-state index is 13.2. The van der Waals surface area contributed by atoms with E-state index < -0.39 is 0 Å². The molecule has 6 nitrogen and oxygen atoms in total. The molecule has 1 amide bonds. The molecule has 0 fully saturated rings. The maximum atomic E-state index is 13.2. The summed E-state index contributed by atoms with van der Waals surface area (Å²) in [6, 6.07) is 18.8. The molecule has 4 rings (SSSR count). The van der Waals surface area contributed by atoms with E-state index in [2.05, 4.69) is 15.5 Å². The van der Waals surface area contributed by atoms with Crippen LogP contribution in [0.1, 0.15) is 5.56 Å². The minimum Gasteiger partial charge on any atom is -0.272 e. The Bertz CT molecular complexity index is 1420. The van der Waals surface area contributed by atoms with Crippen molar-refractivity contribution in [2.24, 2.45) is 5.10 Å². The summed E-state index contributed by atoms with van der Waals surface area (Å²) in [6.07, 6.45) is 1.43. The van der Waals surface area contributed by atoms with Crippen molar-refractivity contribution in [2.45, 2.75) is 5.16 Å². The molecule has 33 heavy (non-hydrogen) atoms. The number of amides is 1. The number of aromatic nitrogens is 2. The summed E-state index contributed by atoms with van der Waals surface area (Å²) < 4.78 is 1.47. The number of halogens is 3. The van der Waals surface area contributed by atoms with E-state index in [1.165, 1.54) is 10.8 Å². The van der Waals surface area contributed by atoms with E-state index >= 15 is 0 Å². The largest absolute Gasteiger partial charge is 0.272 e. The topological polar surface area (TPSA) is 76.3 Å². The van der Waals surface area contributed by atoms with E-state index in [0.29, 0.717) is 42.4 Å². The van der Waals surface area contributed by atoms with Gasteiger partial charge < -0.3 is 0 Å². The second kappa shape index (κ2) is 10.4. The van der Waals surface area contributed by atoms with Crippen molar-refractivity contribution < 1.29 is 4.79 Å². The summed E-state index contributed by atoms with van der Waals surface area (Å²) in [5.41, 5.74) is 3.97. The van der Waals surface area contributed by atoms with Gasteiger partial charge in [-0.2, -0.15) is 5.10 Å². The van der Waals surface area contributed by atoms with Crippen LogP contribution in [0.25, 0.3) is 16.6 Å². The molecule has 0 radical (unpaired) electrons. The SMILES string of the molecule is O=C(CSc1nc2ccccc2c(=O)n1-c1ccc(Cl)cc1)N/N=C\c1ccc(Cl)cc1Cl. The Morgan fingerprint density at radius 3 is 2.52 bits per heavy atom. The van der Waals surface area contributed by atoms with Crippen LogP contribution in [0.2, 0.25) is 15.1 Å². The average Bonchev–Trinajstić information content (AvgIpc) is 2.80. The number of fused-ring (bicyclic) bond motifs is 1. The summed E-state index contributed by atoms with van der Waals surface area (Å²) in [5, 5.41) is 6.26. The summed E-state index contributed by atoms with van der Waals surface area (Å²) in [6.45, 7) is 0. The van der Waals surface area contributed by atoms with Crippen LogP contribution in [0, 0.1) is 0 Å². The molecular weight excluding hydrogens is 503 g/mol. The Hall–Kier alpha value is -2.84. The van der Waals surface area contributed by atoms with Gasteiger partial charge in [-0.3, -0.25) is 14.2 Å². The third kappa shape index (κ3) is 5.57. The minimum absolute atomic E-state index is 0.00986. The van der Waals surface area contributed by atoms with Gasteiger partial charge in [0.15, 0.2) is 5.16 Å². The van der Waals surface area contributed by atoms with Crippen molar-refractivity contribution >= 4 is 69.6 Å². The number of hydrazone groups is 1. The number of nitrogens with zero attached hydrogens (tertiary/aromatic N) is 3. The third-order valence-corrected chi connectivity index (χ3v) is 6.27. The summed E-state index contributed by atoms with van der Waals surface area (Å²) in [5.74, 6) is -0.379. The normalized spacial score (nSPS) is 11.2. The molecule has 0 saturated heterocycles. The minimum atomic E-state index is -0.369. The molecule has 1 heterocycles. The fourth-order valence-corrected chi connectivity index (χ4v) is 4.36. The molecule has 166 valence electrons. The van der Waals surface area contributed by atoms with E-state index in [1.807, 2.05) is 0 Å². The number of nitrogens with one attached hydrogen (secondary N) is 1. The standard InChI is InChI=1S/C23H15Cl3N4O2S/c24-15-7-9-17(10-8-15)30-22(32)18-3-1-2-4-20(18)28-23(30)33-13-21(31)29-27-12-14-5-6-16(25)11-19(14)26/h1-12H,13H2,(H,29,31)/b27-12-. The van der Waals surface area contributed by atoms with Gasteiger partial charge >= 0.3 is 0 Å². The van der Waals surface area contributed by atoms with Crippen LogP contribution >= 0.6 is 46.6 Å². The Morgan fingerprint density at radius 1 is 1.03 bits per heavy atom. The molecular formula is C23H15Cl3N4O2S. The number of benzene rings is 3. The number of hydrogen-bond donors (Lipinski definition) is 1. The lowest BCUT2D eigenvalue weighted by Crippen LogP contribution is -2.24. The highest BCUT2D eigenvalue weighted by Crippen LogP contribution is 2.22. The zero-order valence-corrected chi connectivity index (χ0v) is 19.9. The molecule has 3 aromatic carbocycles. The lowest BCUT2D eigenvalue weighted by molar-refractivity contribution is -0.118. The third-order valence-electron chi connectivity index (χ3n) is 4.52. The highest BCUT2D eigenvalue weighted by Gasteiger charge is 2.14. The first kappa shape index (κ1) is 23.3. The molecule has 0 aliphatic carbocycles. The van der Waals surface area contributed by atoms with Crippen molar-refractivity contribution in [3.63, 3.8) is 0 Å². The van der Waals surface area contributed by atoms with E-state index in [-0.39, 0.29) is 17.2 Å². The van der Waals surface area contributed by atoms with Gasteiger partial charge in [0.2, 0.25) is 0 Å². The lowest BCUT2D eigenvalue weighted by Gasteiger charge is -2.13. The van der Waals surface area contributed by atoms with Gasteiger partial charge in [0.25, 0.3) is 11.5 Å². The predicted octanol–water partition coefficient (Wildman–Crippen LogP) is 5.59. The van der Waals surface area contributed by atoms with Crippen molar-refractivity contribution in [3.8, 4) is 5.69 Å². The maximum Gasteiger partial charge on any atom is 0.266 e. The second-order valence-electron chi connectivity index (χ2n) is 6.78. The van der Waals surface area contributed by atoms with Gasteiger partial charge in [-0.1, -0.05) is 64.8 Å². The molecule has 4 aromatic rings. The fourth-order valence-electron chi connectivity index (χ4n) is 2.97. The molecule has 1 aromatic heterocycles. The van der Waals surface area contributed by atoms with Gasteiger partial charge in [-0.25, -0.2) is 10.4 Å². The molecule has 0 saturated carbocycles. The molecule has 0 aliphatic rings. The van der Waals surface area contributed by atoms with Crippen LogP contribution < -0.4 is 11.0 Å². The summed E-state index contributed by atoms with van der Waals surface area (Å²) in [4.78, 5) is 30.1. The average molecular weight is 518 g/mol. The van der Waals surface area contributed by atoms with E-state index in [4.69, 9.17) is 34.8 Å². The van der Waals surface area contributed by atoms with Gasteiger partial charge in [0, 0.05) is 15.6 Å². The molecule has 1 N–H and O–H groups in total. The quantitative estimate of drug-likeness (QED) is 0.157. The van der Waals surface area contributed by atoms with Crippen molar-refractivity contribution in [1.29, 1.82) is 0 Å². The Balaban J connectivity index is 1.55. The number of rotatable bonds is 6. The van der Waals surface area contributed by atoms with E-state index in [0.717, 1.165) is 11.8 Å². The predicted molar refractivity (Wildman–Crippen MR) is 135 cm³/mol. The highest BCUT2D eigenvalue weighted by atomic mass is 35.5. The number of carbonyl (C=O) groups is 1. The van der Waals surface area contributed by atoms with E-state index in [1.54, 1.807) is 66.7 Å². The molecule has 0 spiro atoms. The van der Waals surface area contributed by atoms with Gasteiger partial charge in [0.1, 0.15) is 0 Å². The first-order valence-corrected chi connectivity index (χ1v) is 11.7. The highest BCUT2D eigenvalue weighted by molar-refractivity contribution is 7.99. The zero-order chi connectivity index (χ0) is 23.4.